The summed E-state index contributed by atoms with van der Waals surface area (Å²) in [4.78, 5) is 13.0. The van der Waals surface area contributed by atoms with Crippen LogP contribution in [0, 0.1) is 0 Å². The molecule has 1 amide bonds. The lowest BCUT2D eigenvalue weighted by Crippen LogP contribution is -2.34. The first-order chi connectivity index (χ1) is 14.3. The van der Waals surface area contributed by atoms with Gasteiger partial charge in [0.05, 0.1) is 17.6 Å². The van der Waals surface area contributed by atoms with E-state index in [9.17, 15) is 23.1 Å². The first-order valence-corrected chi connectivity index (χ1v) is 9.33. The zero-order valence-corrected chi connectivity index (χ0v) is 15.7. The number of nitrogens with one attached hydrogen (secondary N) is 1. The highest BCUT2D eigenvalue weighted by Gasteiger charge is 2.33. The molecule has 1 aliphatic heterocycles. The molecule has 0 saturated carbocycles. The fourth-order valence-electron chi connectivity index (χ4n) is 3.50. The molecule has 4 rings (SSSR count). The number of aliphatic hydroxyl groups excluding tert-OH is 1. The number of para-hydroxylation sites is 2. The summed E-state index contributed by atoms with van der Waals surface area (Å²) >= 11 is 0. The number of ether oxygens (including phenoxy) is 1. The minimum atomic E-state index is -4.44. The third kappa shape index (κ3) is 3.89. The molecule has 30 heavy (non-hydrogen) atoms. The summed E-state index contributed by atoms with van der Waals surface area (Å²) in [6, 6.07) is 18.7. The molecule has 3 aromatic rings. The summed E-state index contributed by atoms with van der Waals surface area (Å²) in [5.74, 6) is 0.217. The molecular weight excluding hydrogens is 395 g/mol. The molecular formula is C23H18F3NO3. The fraction of sp³-hybridized carbons (Fsp3) is 0.174. The van der Waals surface area contributed by atoms with E-state index in [1.807, 2.05) is 36.4 Å². The largest absolute Gasteiger partial charge is 0.457 e. The maximum absolute atomic E-state index is 13.0. The third-order valence-electron chi connectivity index (χ3n) is 5.03. The van der Waals surface area contributed by atoms with E-state index in [0.717, 1.165) is 12.1 Å². The van der Waals surface area contributed by atoms with Crippen LogP contribution in [0.15, 0.2) is 72.8 Å². The van der Waals surface area contributed by atoms with Gasteiger partial charge in [0.25, 0.3) is 0 Å². The van der Waals surface area contributed by atoms with Crippen molar-refractivity contribution in [1.82, 2.24) is 5.32 Å². The van der Waals surface area contributed by atoms with Crippen LogP contribution >= 0.6 is 0 Å². The van der Waals surface area contributed by atoms with Gasteiger partial charge in [0.2, 0.25) is 5.91 Å². The summed E-state index contributed by atoms with van der Waals surface area (Å²) in [6.45, 7) is -0.133. The molecule has 0 radical (unpaired) electrons. The highest BCUT2D eigenvalue weighted by Crippen LogP contribution is 2.43. The molecule has 1 aliphatic rings. The van der Waals surface area contributed by atoms with Gasteiger partial charge in [-0.25, -0.2) is 0 Å². The lowest BCUT2D eigenvalue weighted by molar-refractivity contribution is -0.137. The quantitative estimate of drug-likeness (QED) is 0.647. The van der Waals surface area contributed by atoms with E-state index in [4.69, 9.17) is 4.74 Å². The van der Waals surface area contributed by atoms with E-state index in [1.165, 1.54) is 12.1 Å². The van der Waals surface area contributed by atoms with Gasteiger partial charge in [0, 0.05) is 17.7 Å². The highest BCUT2D eigenvalue weighted by molar-refractivity contribution is 5.89. The van der Waals surface area contributed by atoms with Gasteiger partial charge in [-0.1, -0.05) is 48.5 Å². The monoisotopic (exact) mass is 413 g/mol. The second-order valence-corrected chi connectivity index (χ2v) is 6.99. The zero-order chi connectivity index (χ0) is 21.3. The Morgan fingerprint density at radius 3 is 2.00 bits per heavy atom. The Hall–Kier alpha value is -3.32. The van der Waals surface area contributed by atoms with Crippen molar-refractivity contribution < 1.29 is 27.8 Å². The van der Waals surface area contributed by atoms with Gasteiger partial charge in [-0.05, 0) is 29.8 Å². The maximum Gasteiger partial charge on any atom is 0.416 e. The van der Waals surface area contributed by atoms with Crippen LogP contribution in [0.5, 0.6) is 11.5 Å². The van der Waals surface area contributed by atoms with Gasteiger partial charge in [0.1, 0.15) is 11.5 Å². The van der Waals surface area contributed by atoms with Crippen LogP contribution in [0.3, 0.4) is 0 Å². The van der Waals surface area contributed by atoms with E-state index in [2.05, 4.69) is 5.32 Å². The highest BCUT2D eigenvalue weighted by atomic mass is 19.4. The molecule has 0 spiro atoms. The Labute approximate surface area is 170 Å². The topological polar surface area (TPSA) is 58.6 Å². The van der Waals surface area contributed by atoms with Crippen LogP contribution < -0.4 is 10.1 Å². The Kier molecular flexibility index (Phi) is 5.22. The number of aliphatic hydroxyl groups is 1. The number of hydrogen-bond acceptors (Lipinski definition) is 3. The van der Waals surface area contributed by atoms with E-state index in [-0.39, 0.29) is 18.0 Å². The number of fused-ring (bicyclic) bond motifs is 2. The predicted octanol–water partition coefficient (Wildman–Crippen LogP) is 4.79. The van der Waals surface area contributed by atoms with Crippen molar-refractivity contribution in [2.45, 2.75) is 18.2 Å². The second-order valence-electron chi connectivity index (χ2n) is 6.99. The van der Waals surface area contributed by atoms with Gasteiger partial charge in [-0.2, -0.15) is 13.2 Å². The fourth-order valence-corrected chi connectivity index (χ4v) is 3.50. The summed E-state index contributed by atoms with van der Waals surface area (Å²) in [7, 11) is 0. The molecule has 2 N–H and O–H groups in total. The number of rotatable bonds is 4. The van der Waals surface area contributed by atoms with Crippen LogP contribution in [0.1, 0.15) is 34.3 Å². The van der Waals surface area contributed by atoms with E-state index >= 15 is 0 Å². The molecule has 0 saturated heterocycles. The van der Waals surface area contributed by atoms with Gasteiger partial charge < -0.3 is 15.2 Å². The van der Waals surface area contributed by atoms with Crippen molar-refractivity contribution in [2.75, 3.05) is 6.54 Å². The minimum Gasteiger partial charge on any atom is -0.457 e. The smallest absolute Gasteiger partial charge is 0.416 e. The van der Waals surface area contributed by atoms with E-state index in [1.54, 1.807) is 12.1 Å². The Morgan fingerprint density at radius 2 is 1.47 bits per heavy atom. The number of benzene rings is 3. The number of carbonyl (C=O) groups is 1. The summed E-state index contributed by atoms with van der Waals surface area (Å²) in [6.07, 6.45) is -5.58. The lowest BCUT2D eigenvalue weighted by Gasteiger charge is -2.27. The summed E-state index contributed by atoms with van der Waals surface area (Å²) < 4.78 is 43.9. The Bertz CT molecular complexity index is 1020. The first-order valence-electron chi connectivity index (χ1n) is 9.33. The second kappa shape index (κ2) is 7.84. The normalized spacial score (nSPS) is 14.3. The van der Waals surface area contributed by atoms with E-state index in [0.29, 0.717) is 22.6 Å². The number of amides is 1. The molecule has 0 bridgehead atoms. The van der Waals surface area contributed by atoms with Crippen molar-refractivity contribution in [1.29, 1.82) is 0 Å². The molecule has 0 aliphatic carbocycles. The van der Waals surface area contributed by atoms with Crippen molar-refractivity contribution in [3.63, 3.8) is 0 Å². The van der Waals surface area contributed by atoms with Crippen molar-refractivity contribution in [3.05, 3.63) is 95.1 Å². The molecule has 0 unspecified atom stereocenters. The average molecular weight is 413 g/mol. The van der Waals surface area contributed by atoms with Crippen LogP contribution in [-0.2, 0) is 11.0 Å². The molecule has 4 nitrogen and oxygen atoms in total. The number of carbonyl (C=O) groups excluding carboxylic acids is 1. The summed E-state index contributed by atoms with van der Waals surface area (Å²) in [5, 5.41) is 13.0. The third-order valence-corrected chi connectivity index (χ3v) is 5.03. The van der Waals surface area contributed by atoms with Crippen molar-refractivity contribution in [3.8, 4) is 11.5 Å². The van der Waals surface area contributed by atoms with Crippen LogP contribution in [0.2, 0.25) is 0 Å². The van der Waals surface area contributed by atoms with Gasteiger partial charge >= 0.3 is 6.18 Å². The van der Waals surface area contributed by atoms with Crippen LogP contribution in [0.25, 0.3) is 0 Å². The Morgan fingerprint density at radius 1 is 0.933 bits per heavy atom. The molecule has 1 atom stereocenters. The average Bonchev–Trinajstić information content (AvgIpc) is 2.75. The molecule has 1 heterocycles. The maximum atomic E-state index is 13.0. The molecule has 0 fully saturated rings. The van der Waals surface area contributed by atoms with Gasteiger partial charge in [-0.3, -0.25) is 4.79 Å². The molecule has 0 aromatic heterocycles. The predicted molar refractivity (Wildman–Crippen MR) is 104 cm³/mol. The van der Waals surface area contributed by atoms with Crippen LogP contribution in [0.4, 0.5) is 13.2 Å². The zero-order valence-electron chi connectivity index (χ0n) is 15.7. The van der Waals surface area contributed by atoms with Gasteiger partial charge in [-0.15, -0.1) is 0 Å². The van der Waals surface area contributed by atoms with Gasteiger partial charge in [0.15, 0.2) is 0 Å². The SMILES string of the molecule is O=C(NC[C@H](O)c1ccc(C(F)(F)F)cc1)C1c2ccccc2Oc2ccccc21. The summed E-state index contributed by atoms with van der Waals surface area (Å²) in [5.41, 5.74) is 0.907. The number of halogens is 3. The standard InChI is InChI=1S/C23H18F3NO3/c24-23(25,26)15-11-9-14(10-12-15)18(28)13-27-22(29)21-16-5-1-3-7-19(16)30-20-8-4-2-6-17(20)21/h1-12,18,21,28H,13H2,(H,27,29)/t18-/m0/s1. The van der Waals surface area contributed by atoms with Crippen molar-refractivity contribution >= 4 is 5.91 Å². The Balaban J connectivity index is 1.51. The minimum absolute atomic E-state index is 0.133. The number of hydrogen-bond donors (Lipinski definition) is 2. The van der Waals surface area contributed by atoms with Crippen LogP contribution in [-0.4, -0.2) is 17.6 Å². The molecule has 3 aromatic carbocycles. The number of alkyl halides is 3. The lowest BCUT2D eigenvalue weighted by atomic mass is 9.87. The molecule has 154 valence electrons. The van der Waals surface area contributed by atoms with E-state index < -0.39 is 23.8 Å². The van der Waals surface area contributed by atoms with Crippen molar-refractivity contribution in [2.24, 2.45) is 0 Å². The first kappa shape index (κ1) is 20.0. The molecule has 7 heteroatoms.